The van der Waals surface area contributed by atoms with E-state index in [9.17, 15) is 19.5 Å². The quantitative estimate of drug-likeness (QED) is 0.689. The Kier molecular flexibility index (Phi) is 5.91. The summed E-state index contributed by atoms with van der Waals surface area (Å²) in [4.78, 5) is 38.6. The number of hydrogen-bond acceptors (Lipinski definition) is 4. The first-order valence-electron chi connectivity index (χ1n) is 11.1. The number of ether oxygens (including phenoxy) is 1. The molecular formula is C25H28N2O5. The van der Waals surface area contributed by atoms with Crippen molar-refractivity contribution in [3.8, 4) is 11.1 Å². The van der Waals surface area contributed by atoms with Crippen LogP contribution in [0.15, 0.2) is 48.5 Å². The molecule has 1 unspecified atom stereocenters. The highest BCUT2D eigenvalue weighted by Gasteiger charge is 2.47. The minimum absolute atomic E-state index is 0.0757. The molecule has 0 radical (unpaired) electrons. The highest BCUT2D eigenvalue weighted by atomic mass is 16.5. The zero-order valence-corrected chi connectivity index (χ0v) is 18.3. The van der Waals surface area contributed by atoms with E-state index in [2.05, 4.69) is 17.4 Å². The number of amides is 2. The molecule has 168 valence electrons. The van der Waals surface area contributed by atoms with Crippen molar-refractivity contribution in [2.24, 2.45) is 0 Å². The second-order valence-corrected chi connectivity index (χ2v) is 8.38. The summed E-state index contributed by atoms with van der Waals surface area (Å²) in [6.07, 6.45) is 0.441. The summed E-state index contributed by atoms with van der Waals surface area (Å²) in [7, 11) is 0. The van der Waals surface area contributed by atoms with Crippen LogP contribution in [-0.4, -0.2) is 52.7 Å². The van der Waals surface area contributed by atoms with Crippen LogP contribution in [-0.2, 0) is 14.3 Å². The van der Waals surface area contributed by atoms with Crippen molar-refractivity contribution in [3.63, 3.8) is 0 Å². The number of carboxylic acids is 1. The van der Waals surface area contributed by atoms with Crippen LogP contribution in [0.25, 0.3) is 11.1 Å². The van der Waals surface area contributed by atoms with Gasteiger partial charge in [-0.1, -0.05) is 62.4 Å². The normalized spacial score (nSPS) is 17.2. The van der Waals surface area contributed by atoms with E-state index in [0.717, 1.165) is 22.3 Å². The summed E-state index contributed by atoms with van der Waals surface area (Å²) in [5, 5.41) is 12.1. The summed E-state index contributed by atoms with van der Waals surface area (Å²) in [5.41, 5.74) is 3.32. The van der Waals surface area contributed by atoms with E-state index in [4.69, 9.17) is 4.74 Å². The summed E-state index contributed by atoms with van der Waals surface area (Å²) in [6.45, 7) is 4.14. The molecule has 0 saturated carbocycles. The third-order valence-corrected chi connectivity index (χ3v) is 6.87. The lowest BCUT2D eigenvalue weighted by Gasteiger charge is -2.44. The van der Waals surface area contributed by atoms with Gasteiger partial charge in [0, 0.05) is 12.5 Å². The van der Waals surface area contributed by atoms with Crippen LogP contribution in [0.5, 0.6) is 0 Å². The molecule has 32 heavy (non-hydrogen) atoms. The number of benzene rings is 2. The van der Waals surface area contributed by atoms with Crippen LogP contribution in [0.3, 0.4) is 0 Å². The SMILES string of the molecule is CCC(CC)(NC(=O)OCC1c2ccccc2-c2ccccc21)C(=O)N1CCC1C(=O)O. The number of carbonyl (C=O) groups is 3. The van der Waals surface area contributed by atoms with Crippen molar-refractivity contribution in [2.75, 3.05) is 13.2 Å². The van der Waals surface area contributed by atoms with Crippen LogP contribution in [0.2, 0.25) is 0 Å². The molecule has 0 aromatic heterocycles. The van der Waals surface area contributed by atoms with Crippen molar-refractivity contribution in [3.05, 3.63) is 59.7 Å². The van der Waals surface area contributed by atoms with Gasteiger partial charge in [-0.25, -0.2) is 9.59 Å². The number of nitrogens with zero attached hydrogens (tertiary/aromatic N) is 1. The monoisotopic (exact) mass is 436 g/mol. The van der Waals surface area contributed by atoms with Gasteiger partial charge in [-0.3, -0.25) is 4.79 Å². The van der Waals surface area contributed by atoms with Gasteiger partial charge in [-0.2, -0.15) is 0 Å². The lowest BCUT2D eigenvalue weighted by molar-refractivity contribution is -0.160. The molecule has 2 aromatic carbocycles. The Morgan fingerprint density at radius 2 is 1.59 bits per heavy atom. The molecule has 1 saturated heterocycles. The highest BCUT2D eigenvalue weighted by molar-refractivity contribution is 5.93. The Balaban J connectivity index is 1.47. The molecule has 1 fully saturated rings. The van der Waals surface area contributed by atoms with Gasteiger partial charge in [0.05, 0.1) is 0 Å². The molecule has 2 N–H and O–H groups in total. The first-order chi connectivity index (χ1) is 15.4. The number of fused-ring (bicyclic) bond motifs is 3. The molecule has 7 nitrogen and oxygen atoms in total. The van der Waals surface area contributed by atoms with Crippen LogP contribution in [0, 0.1) is 0 Å². The molecule has 2 amide bonds. The maximum atomic E-state index is 13.1. The number of alkyl carbamates (subject to hydrolysis) is 1. The molecule has 1 atom stereocenters. The van der Waals surface area contributed by atoms with Gasteiger partial charge in [0.25, 0.3) is 0 Å². The van der Waals surface area contributed by atoms with Crippen LogP contribution in [0.4, 0.5) is 4.79 Å². The van der Waals surface area contributed by atoms with E-state index in [1.807, 2.05) is 36.4 Å². The Labute approximate surface area is 187 Å². The Morgan fingerprint density at radius 1 is 1.03 bits per heavy atom. The molecule has 1 aliphatic carbocycles. The third kappa shape index (κ3) is 3.61. The van der Waals surface area contributed by atoms with Crippen molar-refractivity contribution in [1.82, 2.24) is 10.2 Å². The predicted molar refractivity (Wildman–Crippen MR) is 119 cm³/mol. The summed E-state index contributed by atoms with van der Waals surface area (Å²) < 4.78 is 5.62. The van der Waals surface area contributed by atoms with E-state index in [0.29, 0.717) is 25.8 Å². The van der Waals surface area contributed by atoms with E-state index in [1.54, 1.807) is 13.8 Å². The van der Waals surface area contributed by atoms with Gasteiger partial charge in [0.1, 0.15) is 18.2 Å². The molecule has 4 rings (SSSR count). The van der Waals surface area contributed by atoms with Crippen molar-refractivity contribution in [1.29, 1.82) is 0 Å². The van der Waals surface area contributed by atoms with Gasteiger partial charge < -0.3 is 20.1 Å². The van der Waals surface area contributed by atoms with E-state index in [-0.39, 0.29) is 18.4 Å². The van der Waals surface area contributed by atoms with E-state index < -0.39 is 23.6 Å². The van der Waals surface area contributed by atoms with Crippen molar-refractivity contribution >= 4 is 18.0 Å². The maximum Gasteiger partial charge on any atom is 0.408 e. The summed E-state index contributed by atoms with van der Waals surface area (Å²) >= 11 is 0. The largest absolute Gasteiger partial charge is 0.480 e. The molecule has 0 spiro atoms. The first kappa shape index (κ1) is 21.9. The fraction of sp³-hybridized carbons (Fsp3) is 0.400. The van der Waals surface area contributed by atoms with Gasteiger partial charge in [-0.05, 0) is 41.5 Å². The number of rotatable bonds is 7. The number of carbonyl (C=O) groups excluding carboxylic acids is 2. The average molecular weight is 437 g/mol. The molecule has 1 aliphatic heterocycles. The summed E-state index contributed by atoms with van der Waals surface area (Å²) in [6, 6.07) is 15.3. The second-order valence-electron chi connectivity index (χ2n) is 8.38. The zero-order valence-electron chi connectivity index (χ0n) is 18.3. The van der Waals surface area contributed by atoms with Crippen molar-refractivity contribution in [2.45, 2.75) is 50.6 Å². The second kappa shape index (κ2) is 8.65. The van der Waals surface area contributed by atoms with Crippen LogP contribution < -0.4 is 5.32 Å². The van der Waals surface area contributed by atoms with Gasteiger partial charge in [0.2, 0.25) is 5.91 Å². The van der Waals surface area contributed by atoms with Gasteiger partial charge >= 0.3 is 12.1 Å². The smallest absolute Gasteiger partial charge is 0.408 e. The number of hydrogen-bond donors (Lipinski definition) is 2. The van der Waals surface area contributed by atoms with Crippen LogP contribution in [0.1, 0.15) is 50.2 Å². The Morgan fingerprint density at radius 3 is 2.06 bits per heavy atom. The molecule has 0 bridgehead atoms. The fourth-order valence-electron chi connectivity index (χ4n) is 4.77. The van der Waals surface area contributed by atoms with Gasteiger partial charge in [0.15, 0.2) is 0 Å². The molecular weight excluding hydrogens is 408 g/mol. The maximum absolute atomic E-state index is 13.1. The molecule has 1 heterocycles. The Bertz CT molecular complexity index is 1000. The lowest BCUT2D eigenvalue weighted by atomic mass is 9.88. The fourth-order valence-corrected chi connectivity index (χ4v) is 4.77. The first-order valence-corrected chi connectivity index (χ1v) is 11.1. The lowest BCUT2D eigenvalue weighted by Crippen LogP contribution is -2.66. The molecule has 2 aliphatic rings. The number of likely N-dealkylation sites (tertiary alicyclic amines) is 1. The zero-order chi connectivity index (χ0) is 22.9. The minimum atomic E-state index is -1.18. The minimum Gasteiger partial charge on any atom is -0.480 e. The molecule has 7 heteroatoms. The van der Waals surface area contributed by atoms with E-state index >= 15 is 0 Å². The average Bonchev–Trinajstić information content (AvgIpc) is 3.08. The third-order valence-electron chi connectivity index (χ3n) is 6.87. The van der Waals surface area contributed by atoms with E-state index in [1.165, 1.54) is 4.90 Å². The van der Waals surface area contributed by atoms with Crippen LogP contribution >= 0.6 is 0 Å². The standard InChI is InChI=1S/C25H28N2O5/c1-3-25(4-2,23(30)27-14-13-21(27)22(28)29)26-24(31)32-15-20-18-11-7-5-9-16(18)17-10-6-8-12-19(17)20/h5-12,20-21H,3-4,13-15H2,1-2H3,(H,26,31)(H,28,29). The van der Waals surface area contributed by atoms with Crippen molar-refractivity contribution < 1.29 is 24.2 Å². The molecule has 2 aromatic rings. The summed E-state index contributed by atoms with van der Waals surface area (Å²) in [5.74, 6) is -1.46. The number of aliphatic carboxylic acids is 1. The topological polar surface area (TPSA) is 95.9 Å². The Hall–Kier alpha value is -3.35. The highest BCUT2D eigenvalue weighted by Crippen LogP contribution is 2.44. The number of carboxylic acid groups (broad SMARTS) is 1. The predicted octanol–water partition coefficient (Wildman–Crippen LogP) is 3.77. The van der Waals surface area contributed by atoms with Gasteiger partial charge in [-0.15, -0.1) is 0 Å². The number of nitrogens with one attached hydrogen (secondary N) is 1.